The number of hydrogen-bond donors (Lipinski definition) is 1. The Bertz CT molecular complexity index is 396. The number of rotatable bonds is 7. The Morgan fingerprint density at radius 1 is 1.30 bits per heavy atom. The largest absolute Gasteiger partial charge is 0.370 e. The molecular weight excluding hydrogens is 254 g/mol. The van der Waals surface area contributed by atoms with Gasteiger partial charge in [0, 0.05) is 13.2 Å². The van der Waals surface area contributed by atoms with Gasteiger partial charge in [-0.2, -0.15) is 4.98 Å². The van der Waals surface area contributed by atoms with Crippen molar-refractivity contribution in [3.8, 4) is 0 Å². The van der Waals surface area contributed by atoms with E-state index < -0.39 is 0 Å². The molecule has 2 atom stereocenters. The summed E-state index contributed by atoms with van der Waals surface area (Å²) in [6.45, 7) is 13.8. The van der Waals surface area contributed by atoms with Gasteiger partial charge in [-0.3, -0.25) is 0 Å². The van der Waals surface area contributed by atoms with Crippen molar-refractivity contribution in [3.05, 3.63) is 11.7 Å². The van der Waals surface area contributed by atoms with Gasteiger partial charge in [-0.15, -0.1) is 0 Å². The highest BCUT2D eigenvalue weighted by molar-refractivity contribution is 5.00. The molecule has 1 aromatic rings. The molecule has 5 nitrogen and oxygen atoms in total. The van der Waals surface area contributed by atoms with Gasteiger partial charge in [-0.25, -0.2) is 0 Å². The van der Waals surface area contributed by atoms with Crippen LogP contribution in [0.3, 0.4) is 0 Å². The molecule has 116 valence electrons. The number of aromatic nitrogens is 2. The minimum absolute atomic E-state index is 0.0760. The Kier molecular flexibility index (Phi) is 6.14. The number of ether oxygens (including phenoxy) is 1. The molecule has 5 heteroatoms. The molecule has 20 heavy (non-hydrogen) atoms. The molecule has 1 rings (SSSR count). The summed E-state index contributed by atoms with van der Waals surface area (Å²) in [5.74, 6) is 1.92. The van der Waals surface area contributed by atoms with E-state index in [9.17, 15) is 0 Å². The first kappa shape index (κ1) is 17.1. The van der Waals surface area contributed by atoms with E-state index >= 15 is 0 Å². The van der Waals surface area contributed by atoms with E-state index in [0.717, 1.165) is 6.42 Å². The quantitative estimate of drug-likeness (QED) is 0.831. The highest BCUT2D eigenvalue weighted by Crippen LogP contribution is 2.35. The molecule has 0 bridgehead atoms. The summed E-state index contributed by atoms with van der Waals surface area (Å²) >= 11 is 0. The average molecular weight is 283 g/mol. The predicted octanol–water partition coefficient (Wildman–Crippen LogP) is 3.28. The van der Waals surface area contributed by atoms with Crippen molar-refractivity contribution < 1.29 is 9.26 Å². The average Bonchev–Trinajstić information content (AvgIpc) is 2.80. The minimum atomic E-state index is -0.164. The molecule has 0 spiro atoms. The minimum Gasteiger partial charge on any atom is -0.370 e. The molecule has 1 heterocycles. The SMILES string of the molecule is CCOC(c1noc(C(CN)CC(C)C)n1)C(C)(C)C. The van der Waals surface area contributed by atoms with Crippen LogP contribution in [0.2, 0.25) is 0 Å². The van der Waals surface area contributed by atoms with Crippen LogP contribution in [0.1, 0.15) is 71.7 Å². The maximum atomic E-state index is 5.82. The van der Waals surface area contributed by atoms with Gasteiger partial charge in [0.15, 0.2) is 0 Å². The number of nitrogens with two attached hydrogens (primary N) is 1. The van der Waals surface area contributed by atoms with Crippen LogP contribution in [0.5, 0.6) is 0 Å². The second kappa shape index (κ2) is 7.18. The highest BCUT2D eigenvalue weighted by atomic mass is 16.5. The van der Waals surface area contributed by atoms with Crippen LogP contribution in [-0.4, -0.2) is 23.3 Å². The molecule has 1 aromatic heterocycles. The molecule has 0 aliphatic heterocycles. The van der Waals surface area contributed by atoms with Gasteiger partial charge in [0.25, 0.3) is 0 Å². The Morgan fingerprint density at radius 3 is 2.40 bits per heavy atom. The molecule has 2 N–H and O–H groups in total. The van der Waals surface area contributed by atoms with E-state index in [2.05, 4.69) is 44.8 Å². The maximum absolute atomic E-state index is 5.82. The van der Waals surface area contributed by atoms with Gasteiger partial charge >= 0.3 is 0 Å². The standard InChI is InChI=1S/C15H29N3O2/c1-7-19-12(15(4,5)6)13-17-14(20-18-13)11(9-16)8-10(2)3/h10-12H,7-9,16H2,1-6H3. The fourth-order valence-corrected chi connectivity index (χ4v) is 2.26. The van der Waals surface area contributed by atoms with E-state index in [-0.39, 0.29) is 17.4 Å². The van der Waals surface area contributed by atoms with Crippen molar-refractivity contribution in [2.75, 3.05) is 13.2 Å². The summed E-state index contributed by atoms with van der Waals surface area (Å²) in [4.78, 5) is 4.54. The summed E-state index contributed by atoms with van der Waals surface area (Å²) in [5, 5.41) is 4.11. The third-order valence-electron chi connectivity index (χ3n) is 3.20. The molecule has 0 saturated heterocycles. The Morgan fingerprint density at radius 2 is 1.95 bits per heavy atom. The molecule has 0 amide bonds. The molecule has 0 fully saturated rings. The smallest absolute Gasteiger partial charge is 0.231 e. The summed E-state index contributed by atoms with van der Waals surface area (Å²) in [7, 11) is 0. The third kappa shape index (κ3) is 4.56. The highest BCUT2D eigenvalue weighted by Gasteiger charge is 2.32. The van der Waals surface area contributed by atoms with Gasteiger partial charge in [0.1, 0.15) is 6.10 Å². The first-order valence-electron chi connectivity index (χ1n) is 7.44. The zero-order chi connectivity index (χ0) is 15.3. The molecule has 0 radical (unpaired) electrons. The Balaban J connectivity index is 2.93. The normalized spacial score (nSPS) is 15.6. The van der Waals surface area contributed by atoms with Gasteiger partial charge in [-0.1, -0.05) is 39.8 Å². The third-order valence-corrected chi connectivity index (χ3v) is 3.20. The predicted molar refractivity (Wildman–Crippen MR) is 79.4 cm³/mol. The Hall–Kier alpha value is -0.940. The van der Waals surface area contributed by atoms with Crippen molar-refractivity contribution in [1.29, 1.82) is 0 Å². The summed E-state index contributed by atoms with van der Waals surface area (Å²) in [6.07, 6.45) is 0.787. The van der Waals surface area contributed by atoms with Crippen molar-refractivity contribution in [1.82, 2.24) is 10.1 Å². The summed E-state index contributed by atoms with van der Waals surface area (Å²) < 4.78 is 11.2. The fraction of sp³-hybridized carbons (Fsp3) is 0.867. The van der Waals surface area contributed by atoms with Crippen molar-refractivity contribution in [3.63, 3.8) is 0 Å². The van der Waals surface area contributed by atoms with E-state index in [0.29, 0.717) is 30.8 Å². The lowest BCUT2D eigenvalue weighted by Crippen LogP contribution is -2.23. The van der Waals surface area contributed by atoms with Crippen LogP contribution in [0, 0.1) is 11.3 Å². The van der Waals surface area contributed by atoms with Crippen molar-refractivity contribution in [2.24, 2.45) is 17.1 Å². The van der Waals surface area contributed by atoms with E-state index in [1.807, 2.05) is 6.92 Å². The first-order chi connectivity index (χ1) is 9.29. The monoisotopic (exact) mass is 283 g/mol. The zero-order valence-corrected chi connectivity index (χ0v) is 13.6. The van der Waals surface area contributed by atoms with Crippen molar-refractivity contribution in [2.45, 2.75) is 60.0 Å². The zero-order valence-electron chi connectivity index (χ0n) is 13.6. The lowest BCUT2D eigenvalue weighted by atomic mass is 9.88. The first-order valence-corrected chi connectivity index (χ1v) is 7.44. The van der Waals surface area contributed by atoms with E-state index in [1.165, 1.54) is 0 Å². The lowest BCUT2D eigenvalue weighted by Gasteiger charge is -2.27. The number of nitrogens with zero attached hydrogens (tertiary/aromatic N) is 2. The molecular formula is C15H29N3O2. The molecule has 0 aromatic carbocycles. The Labute approximate surface area is 122 Å². The van der Waals surface area contributed by atoms with Gasteiger partial charge < -0.3 is 15.0 Å². The van der Waals surface area contributed by atoms with Gasteiger partial charge in [-0.05, 0) is 24.7 Å². The lowest BCUT2D eigenvalue weighted by molar-refractivity contribution is -0.0203. The van der Waals surface area contributed by atoms with Crippen LogP contribution < -0.4 is 5.73 Å². The van der Waals surface area contributed by atoms with E-state index in [1.54, 1.807) is 0 Å². The van der Waals surface area contributed by atoms with Crippen LogP contribution in [0.15, 0.2) is 4.52 Å². The summed E-state index contributed by atoms with van der Waals surface area (Å²) in [5.41, 5.74) is 5.75. The van der Waals surface area contributed by atoms with E-state index in [4.69, 9.17) is 15.0 Å². The van der Waals surface area contributed by atoms with Crippen LogP contribution in [-0.2, 0) is 4.74 Å². The van der Waals surface area contributed by atoms with Gasteiger partial charge in [0.05, 0.1) is 5.92 Å². The second-order valence-corrected chi connectivity index (χ2v) is 6.75. The maximum Gasteiger partial charge on any atom is 0.231 e. The van der Waals surface area contributed by atoms with Crippen molar-refractivity contribution >= 4 is 0 Å². The summed E-state index contributed by atoms with van der Waals surface area (Å²) in [6, 6.07) is 0. The number of hydrogen-bond acceptors (Lipinski definition) is 5. The van der Waals surface area contributed by atoms with Crippen LogP contribution >= 0.6 is 0 Å². The van der Waals surface area contributed by atoms with Crippen LogP contribution in [0.4, 0.5) is 0 Å². The van der Waals surface area contributed by atoms with Gasteiger partial charge in [0.2, 0.25) is 11.7 Å². The van der Waals surface area contributed by atoms with Crippen LogP contribution in [0.25, 0.3) is 0 Å². The molecule has 0 aliphatic carbocycles. The molecule has 0 aliphatic rings. The second-order valence-electron chi connectivity index (χ2n) is 6.75. The topological polar surface area (TPSA) is 74.2 Å². The molecule has 0 saturated carbocycles. The molecule has 2 unspecified atom stereocenters. The fourth-order valence-electron chi connectivity index (χ4n) is 2.26.